The number of rotatable bonds is 6. The zero-order valence-electron chi connectivity index (χ0n) is 17.3. The second kappa shape index (κ2) is 8.88. The summed E-state index contributed by atoms with van der Waals surface area (Å²) < 4.78 is 30.6. The second-order valence-electron chi connectivity index (χ2n) is 7.64. The van der Waals surface area contributed by atoms with Gasteiger partial charge in [-0.1, -0.05) is 29.8 Å². The van der Waals surface area contributed by atoms with E-state index in [1.165, 1.54) is 17.2 Å². The zero-order chi connectivity index (χ0) is 23.8. The highest BCUT2D eigenvalue weighted by molar-refractivity contribution is 6.30. The van der Waals surface area contributed by atoms with E-state index in [9.17, 15) is 18.7 Å². The van der Waals surface area contributed by atoms with Crippen LogP contribution in [0.3, 0.4) is 0 Å². The molecule has 0 bridgehead atoms. The van der Waals surface area contributed by atoms with E-state index in [2.05, 4.69) is 20.4 Å². The van der Waals surface area contributed by atoms with Crippen molar-refractivity contribution >= 4 is 17.5 Å². The van der Waals surface area contributed by atoms with Crippen molar-refractivity contribution in [1.29, 1.82) is 0 Å². The highest BCUT2D eigenvalue weighted by Crippen LogP contribution is 2.39. The van der Waals surface area contributed by atoms with Crippen molar-refractivity contribution in [2.75, 3.05) is 0 Å². The number of halogens is 3. The smallest absolute Gasteiger partial charge is 0.314 e. The quantitative estimate of drug-likeness (QED) is 0.429. The van der Waals surface area contributed by atoms with Crippen LogP contribution in [0.4, 0.5) is 8.78 Å². The topological polar surface area (TPSA) is 105 Å². The molecule has 11 heteroatoms. The van der Waals surface area contributed by atoms with Gasteiger partial charge in [-0.05, 0) is 47.5 Å². The number of carbonyl (C=O) groups excluding carboxylic acids is 1. The number of fused-ring (bicyclic) bond motifs is 1. The van der Waals surface area contributed by atoms with Gasteiger partial charge in [0.25, 0.3) is 11.8 Å². The molecule has 1 aliphatic rings. The molecule has 1 aliphatic heterocycles. The van der Waals surface area contributed by atoms with Gasteiger partial charge in [-0.2, -0.15) is 19.0 Å². The average molecular weight is 484 g/mol. The molecule has 1 amide bonds. The number of benzene rings is 2. The normalized spacial score (nSPS) is 15.0. The molecule has 2 aromatic carbocycles. The number of aromatic nitrogens is 4. The molecular formula is C23H16ClF2N5O3. The SMILES string of the molecule is O=C1c2cc(-c3nnc(C(F)F)o3)ccc2CN1[C@H](c1cccnn1)[C@@H](O)c1cccc(Cl)c1. The number of hydrogen-bond acceptors (Lipinski definition) is 7. The van der Waals surface area contributed by atoms with Crippen LogP contribution in [0.15, 0.2) is 65.2 Å². The van der Waals surface area contributed by atoms with E-state index in [0.717, 1.165) is 0 Å². The van der Waals surface area contributed by atoms with Gasteiger partial charge in [-0.25, -0.2) is 0 Å². The fourth-order valence-electron chi connectivity index (χ4n) is 3.96. The molecule has 0 spiro atoms. The minimum Gasteiger partial charge on any atom is -0.415 e. The third-order valence-corrected chi connectivity index (χ3v) is 5.77. The van der Waals surface area contributed by atoms with Crippen LogP contribution in [0.2, 0.25) is 5.02 Å². The van der Waals surface area contributed by atoms with Crippen LogP contribution >= 0.6 is 11.6 Å². The lowest BCUT2D eigenvalue weighted by atomic mass is 9.98. The largest absolute Gasteiger partial charge is 0.415 e. The molecule has 1 N–H and O–H groups in total. The third-order valence-electron chi connectivity index (χ3n) is 5.54. The summed E-state index contributed by atoms with van der Waals surface area (Å²) in [4.78, 5) is 15.0. The summed E-state index contributed by atoms with van der Waals surface area (Å²) in [5, 5.41) is 26.7. The van der Waals surface area contributed by atoms with Crippen LogP contribution in [-0.4, -0.2) is 36.3 Å². The van der Waals surface area contributed by atoms with Crippen LogP contribution in [0.1, 0.15) is 51.6 Å². The minimum atomic E-state index is -2.89. The Hall–Kier alpha value is -3.76. The summed E-state index contributed by atoms with van der Waals surface area (Å²) in [6.07, 6.45) is -2.54. The molecule has 172 valence electrons. The van der Waals surface area contributed by atoms with Crippen molar-refractivity contribution in [2.45, 2.75) is 25.1 Å². The number of aliphatic hydroxyl groups is 1. The van der Waals surface area contributed by atoms with Gasteiger partial charge in [0.15, 0.2) is 0 Å². The molecule has 0 saturated carbocycles. The maximum atomic E-state index is 13.5. The molecular weight excluding hydrogens is 468 g/mol. The Kier molecular flexibility index (Phi) is 5.76. The Morgan fingerprint density at radius 2 is 1.91 bits per heavy atom. The van der Waals surface area contributed by atoms with E-state index in [0.29, 0.717) is 33.0 Å². The molecule has 2 aromatic heterocycles. The predicted molar refractivity (Wildman–Crippen MR) is 116 cm³/mol. The molecule has 34 heavy (non-hydrogen) atoms. The Morgan fingerprint density at radius 1 is 1.06 bits per heavy atom. The van der Waals surface area contributed by atoms with E-state index in [1.54, 1.807) is 48.5 Å². The molecule has 0 fully saturated rings. The van der Waals surface area contributed by atoms with Gasteiger partial charge < -0.3 is 14.4 Å². The van der Waals surface area contributed by atoms with E-state index < -0.39 is 24.5 Å². The third kappa shape index (κ3) is 4.02. The lowest BCUT2D eigenvalue weighted by Gasteiger charge is -2.31. The number of amides is 1. The Balaban J connectivity index is 1.51. The zero-order valence-corrected chi connectivity index (χ0v) is 18.1. The summed E-state index contributed by atoms with van der Waals surface area (Å²) in [6.45, 7) is 0.194. The summed E-state index contributed by atoms with van der Waals surface area (Å²) >= 11 is 6.11. The van der Waals surface area contributed by atoms with Gasteiger partial charge in [0.2, 0.25) is 5.89 Å². The molecule has 5 rings (SSSR count). The van der Waals surface area contributed by atoms with Crippen molar-refractivity contribution in [3.8, 4) is 11.5 Å². The number of carbonyl (C=O) groups is 1. The Bertz CT molecular complexity index is 1350. The molecule has 0 saturated heterocycles. The van der Waals surface area contributed by atoms with Gasteiger partial charge in [-0.3, -0.25) is 4.79 Å². The molecule has 0 unspecified atom stereocenters. The van der Waals surface area contributed by atoms with Crippen molar-refractivity contribution in [3.05, 3.63) is 94.1 Å². The minimum absolute atomic E-state index is 0.117. The molecule has 8 nitrogen and oxygen atoms in total. The molecule has 2 atom stereocenters. The molecule has 3 heterocycles. The van der Waals surface area contributed by atoms with Gasteiger partial charge in [0, 0.05) is 28.9 Å². The fraction of sp³-hybridized carbons (Fsp3) is 0.174. The van der Waals surface area contributed by atoms with Crippen LogP contribution in [0.25, 0.3) is 11.5 Å². The summed E-state index contributed by atoms with van der Waals surface area (Å²) in [7, 11) is 0. The number of nitrogens with zero attached hydrogens (tertiary/aromatic N) is 5. The van der Waals surface area contributed by atoms with Gasteiger partial charge in [0.05, 0.1) is 5.69 Å². The van der Waals surface area contributed by atoms with Crippen LogP contribution < -0.4 is 0 Å². The number of aliphatic hydroxyl groups excluding tert-OH is 1. The molecule has 0 aliphatic carbocycles. The highest BCUT2D eigenvalue weighted by Gasteiger charge is 2.39. The standard InChI is InChI=1S/C23H16ClF2N5O3/c24-15-4-1-3-12(9-15)19(32)18(17-5-2-8-27-28-17)31-11-14-7-6-13(10-16(14)23(31)33)21-29-30-22(34-21)20(25)26/h1-10,18-20,32H,11H2/t18-,19+/m1/s1. The highest BCUT2D eigenvalue weighted by atomic mass is 35.5. The van der Waals surface area contributed by atoms with E-state index in [1.807, 2.05) is 0 Å². The van der Waals surface area contributed by atoms with Crippen molar-refractivity contribution in [2.24, 2.45) is 0 Å². The van der Waals surface area contributed by atoms with Crippen LogP contribution in [0.5, 0.6) is 0 Å². The lowest BCUT2D eigenvalue weighted by molar-refractivity contribution is 0.0344. The molecule has 0 radical (unpaired) electrons. The van der Waals surface area contributed by atoms with E-state index >= 15 is 0 Å². The van der Waals surface area contributed by atoms with E-state index in [4.69, 9.17) is 16.0 Å². The van der Waals surface area contributed by atoms with Crippen LogP contribution in [-0.2, 0) is 6.54 Å². The van der Waals surface area contributed by atoms with Crippen molar-refractivity contribution in [3.63, 3.8) is 0 Å². The van der Waals surface area contributed by atoms with E-state index in [-0.39, 0.29) is 18.3 Å². The van der Waals surface area contributed by atoms with Gasteiger partial charge in [0.1, 0.15) is 12.1 Å². The monoisotopic (exact) mass is 483 g/mol. The summed E-state index contributed by atoms with van der Waals surface area (Å²) in [6, 6.07) is 14.0. The van der Waals surface area contributed by atoms with Gasteiger partial charge in [-0.15, -0.1) is 10.2 Å². The first kappa shape index (κ1) is 22.1. The average Bonchev–Trinajstić information content (AvgIpc) is 3.46. The first-order chi connectivity index (χ1) is 16.4. The summed E-state index contributed by atoms with van der Waals surface area (Å²) in [5.74, 6) is -1.29. The second-order valence-corrected chi connectivity index (χ2v) is 8.08. The Morgan fingerprint density at radius 3 is 2.62 bits per heavy atom. The van der Waals surface area contributed by atoms with Crippen molar-refractivity contribution in [1.82, 2.24) is 25.3 Å². The number of alkyl halides is 2. The maximum absolute atomic E-state index is 13.5. The Labute approximate surface area is 196 Å². The number of hydrogen-bond donors (Lipinski definition) is 1. The lowest BCUT2D eigenvalue weighted by Crippen LogP contribution is -2.34. The maximum Gasteiger partial charge on any atom is 0.314 e. The fourth-order valence-corrected chi connectivity index (χ4v) is 4.16. The van der Waals surface area contributed by atoms with Crippen LogP contribution in [0, 0.1) is 0 Å². The van der Waals surface area contributed by atoms with Crippen molar-refractivity contribution < 1.29 is 23.1 Å². The first-order valence-corrected chi connectivity index (χ1v) is 10.6. The summed E-state index contributed by atoms with van der Waals surface area (Å²) in [5.41, 5.74) is 2.27. The molecule has 4 aromatic rings. The predicted octanol–water partition coefficient (Wildman–Crippen LogP) is 4.55. The van der Waals surface area contributed by atoms with Gasteiger partial charge >= 0.3 is 6.43 Å². The first-order valence-electron chi connectivity index (χ1n) is 10.2.